The van der Waals surface area contributed by atoms with E-state index in [1.165, 1.54) is 49.7 Å². The van der Waals surface area contributed by atoms with Gasteiger partial charge in [-0.15, -0.1) is 0 Å². The lowest BCUT2D eigenvalue weighted by atomic mass is 10.0. The SMILES string of the molecule is c1ccc(-n2c3cc4ccccc4cc3c3cc4c(cc32)c2ccccc2n4-c2cccc3ncoc23)cc1. The Morgan fingerprint density at radius 3 is 2.03 bits per heavy atom. The van der Waals surface area contributed by atoms with Crippen LogP contribution in [0.25, 0.3) is 76.9 Å². The fourth-order valence-electron chi connectivity index (χ4n) is 6.33. The maximum atomic E-state index is 5.90. The Morgan fingerprint density at radius 1 is 0.487 bits per heavy atom. The van der Waals surface area contributed by atoms with Crippen LogP contribution in [-0.4, -0.2) is 14.1 Å². The highest BCUT2D eigenvalue weighted by atomic mass is 16.3. The molecule has 0 aliphatic heterocycles. The number of aromatic nitrogens is 3. The van der Waals surface area contributed by atoms with E-state index in [9.17, 15) is 0 Å². The molecule has 0 fully saturated rings. The number of benzene rings is 6. The molecule has 0 radical (unpaired) electrons. The van der Waals surface area contributed by atoms with Gasteiger partial charge in [0.25, 0.3) is 0 Å². The minimum absolute atomic E-state index is 0.790. The van der Waals surface area contributed by atoms with E-state index in [2.05, 4.69) is 123 Å². The summed E-state index contributed by atoms with van der Waals surface area (Å²) in [6, 6.07) is 43.4. The number of fused-ring (bicyclic) bond motifs is 8. The second kappa shape index (κ2) is 7.59. The van der Waals surface area contributed by atoms with E-state index in [0.29, 0.717) is 0 Å². The normalized spacial score (nSPS) is 12.1. The average molecular weight is 500 g/mol. The Morgan fingerprint density at radius 2 is 1.15 bits per heavy atom. The summed E-state index contributed by atoms with van der Waals surface area (Å²) < 4.78 is 10.6. The molecule has 0 saturated carbocycles. The van der Waals surface area contributed by atoms with Crippen molar-refractivity contribution in [2.75, 3.05) is 0 Å². The first-order valence-electron chi connectivity index (χ1n) is 13.1. The van der Waals surface area contributed by atoms with Crippen molar-refractivity contribution in [1.82, 2.24) is 14.1 Å². The van der Waals surface area contributed by atoms with Crippen LogP contribution in [0.5, 0.6) is 0 Å². The van der Waals surface area contributed by atoms with Gasteiger partial charge in [-0.25, -0.2) is 4.98 Å². The lowest BCUT2D eigenvalue weighted by Crippen LogP contribution is -1.95. The third-order valence-corrected chi connectivity index (χ3v) is 8.02. The number of para-hydroxylation sites is 3. The fraction of sp³-hybridized carbons (Fsp3) is 0. The molecule has 0 bridgehead atoms. The first kappa shape index (κ1) is 20.7. The molecule has 9 aromatic rings. The number of oxazole rings is 1. The van der Waals surface area contributed by atoms with Crippen molar-refractivity contribution in [2.24, 2.45) is 0 Å². The van der Waals surface area contributed by atoms with Crippen molar-refractivity contribution in [3.63, 3.8) is 0 Å². The maximum absolute atomic E-state index is 5.90. The molecule has 182 valence electrons. The second-order valence-corrected chi connectivity index (χ2v) is 10.1. The molecule has 3 heterocycles. The summed E-state index contributed by atoms with van der Waals surface area (Å²) in [5.41, 5.74) is 8.48. The number of hydrogen-bond acceptors (Lipinski definition) is 2. The molecular formula is C35H21N3O. The molecule has 0 aliphatic carbocycles. The highest BCUT2D eigenvalue weighted by molar-refractivity contribution is 6.20. The Kier molecular flexibility index (Phi) is 4.02. The quantitative estimate of drug-likeness (QED) is 0.238. The topological polar surface area (TPSA) is 35.9 Å². The van der Waals surface area contributed by atoms with Crippen LogP contribution in [0.3, 0.4) is 0 Å². The molecule has 4 nitrogen and oxygen atoms in total. The zero-order chi connectivity index (χ0) is 25.5. The highest BCUT2D eigenvalue weighted by Gasteiger charge is 2.20. The summed E-state index contributed by atoms with van der Waals surface area (Å²) in [7, 11) is 0. The van der Waals surface area contributed by atoms with Gasteiger partial charge in [-0.05, 0) is 65.4 Å². The van der Waals surface area contributed by atoms with E-state index in [0.717, 1.165) is 33.5 Å². The van der Waals surface area contributed by atoms with Gasteiger partial charge < -0.3 is 13.6 Å². The van der Waals surface area contributed by atoms with Gasteiger partial charge in [0.1, 0.15) is 5.52 Å². The Hall–Kier alpha value is -5.35. The fourth-order valence-corrected chi connectivity index (χ4v) is 6.33. The summed E-state index contributed by atoms with van der Waals surface area (Å²) in [5, 5.41) is 7.36. The van der Waals surface area contributed by atoms with E-state index >= 15 is 0 Å². The third kappa shape index (κ3) is 2.80. The zero-order valence-corrected chi connectivity index (χ0v) is 20.9. The van der Waals surface area contributed by atoms with E-state index in [4.69, 9.17) is 4.42 Å². The molecule has 0 N–H and O–H groups in total. The summed E-state index contributed by atoms with van der Waals surface area (Å²) in [6.07, 6.45) is 1.53. The summed E-state index contributed by atoms with van der Waals surface area (Å²) in [4.78, 5) is 4.42. The van der Waals surface area contributed by atoms with Gasteiger partial charge in [-0.2, -0.15) is 0 Å². The monoisotopic (exact) mass is 499 g/mol. The van der Waals surface area contributed by atoms with Crippen LogP contribution >= 0.6 is 0 Å². The number of rotatable bonds is 2. The van der Waals surface area contributed by atoms with Crippen molar-refractivity contribution in [3.8, 4) is 11.4 Å². The van der Waals surface area contributed by atoms with E-state index in [-0.39, 0.29) is 0 Å². The van der Waals surface area contributed by atoms with Crippen molar-refractivity contribution in [1.29, 1.82) is 0 Å². The minimum atomic E-state index is 0.790. The standard InChI is InChI=1S/C35H21N3O/c1-2-11-24(12-3-1)37-32-18-23-10-5-4-9-22(23)17-26(32)28-20-34-27(19-33(28)37)25-13-6-7-15-30(25)38(34)31-16-8-14-29-35(31)39-21-36-29/h1-21H. The molecule has 4 heteroatoms. The molecule has 0 saturated heterocycles. The summed E-state index contributed by atoms with van der Waals surface area (Å²) in [6.45, 7) is 0. The van der Waals surface area contributed by atoms with Gasteiger partial charge in [0.05, 0.1) is 27.8 Å². The van der Waals surface area contributed by atoms with Crippen LogP contribution in [-0.2, 0) is 0 Å². The van der Waals surface area contributed by atoms with Crippen LogP contribution in [0.1, 0.15) is 0 Å². The smallest absolute Gasteiger partial charge is 0.182 e. The molecule has 0 aliphatic rings. The molecule has 6 aromatic carbocycles. The van der Waals surface area contributed by atoms with Gasteiger partial charge in [0.2, 0.25) is 0 Å². The Bertz CT molecular complexity index is 2390. The van der Waals surface area contributed by atoms with Crippen LogP contribution in [0.15, 0.2) is 132 Å². The van der Waals surface area contributed by atoms with Gasteiger partial charge >= 0.3 is 0 Å². The van der Waals surface area contributed by atoms with E-state index < -0.39 is 0 Å². The second-order valence-electron chi connectivity index (χ2n) is 10.1. The van der Waals surface area contributed by atoms with Gasteiger partial charge in [-0.3, -0.25) is 0 Å². The molecular weight excluding hydrogens is 478 g/mol. The predicted octanol–water partition coefficient (Wildman–Crippen LogP) is 9.18. The van der Waals surface area contributed by atoms with Crippen LogP contribution in [0.2, 0.25) is 0 Å². The molecule has 0 amide bonds. The maximum Gasteiger partial charge on any atom is 0.182 e. The van der Waals surface area contributed by atoms with E-state index in [1.807, 2.05) is 12.1 Å². The minimum Gasteiger partial charge on any atom is -0.441 e. The third-order valence-electron chi connectivity index (χ3n) is 8.02. The first-order chi connectivity index (χ1) is 19.3. The highest BCUT2D eigenvalue weighted by Crippen LogP contribution is 2.41. The predicted molar refractivity (Wildman–Crippen MR) is 160 cm³/mol. The summed E-state index contributed by atoms with van der Waals surface area (Å²) in [5.74, 6) is 0. The molecule has 0 spiro atoms. The molecule has 39 heavy (non-hydrogen) atoms. The van der Waals surface area contributed by atoms with Crippen molar-refractivity contribution >= 4 is 65.5 Å². The van der Waals surface area contributed by atoms with Crippen molar-refractivity contribution in [2.45, 2.75) is 0 Å². The van der Waals surface area contributed by atoms with Crippen LogP contribution < -0.4 is 0 Å². The Labute approximate surface area is 222 Å². The van der Waals surface area contributed by atoms with Gasteiger partial charge in [0, 0.05) is 27.2 Å². The van der Waals surface area contributed by atoms with Gasteiger partial charge in [0.15, 0.2) is 12.0 Å². The number of hydrogen-bond donors (Lipinski definition) is 0. The zero-order valence-electron chi connectivity index (χ0n) is 20.9. The largest absolute Gasteiger partial charge is 0.441 e. The van der Waals surface area contributed by atoms with Crippen molar-refractivity contribution in [3.05, 3.63) is 128 Å². The summed E-state index contributed by atoms with van der Waals surface area (Å²) >= 11 is 0. The Balaban J connectivity index is 1.51. The first-order valence-corrected chi connectivity index (χ1v) is 13.1. The van der Waals surface area contributed by atoms with Gasteiger partial charge in [-0.1, -0.05) is 66.7 Å². The van der Waals surface area contributed by atoms with Crippen molar-refractivity contribution < 1.29 is 4.42 Å². The lowest BCUT2D eigenvalue weighted by Gasteiger charge is -2.09. The average Bonchev–Trinajstić information content (AvgIpc) is 3.68. The molecule has 9 rings (SSSR count). The lowest BCUT2D eigenvalue weighted by molar-refractivity contribution is 0.600. The van der Waals surface area contributed by atoms with Crippen LogP contribution in [0, 0.1) is 0 Å². The van der Waals surface area contributed by atoms with E-state index in [1.54, 1.807) is 0 Å². The molecule has 0 atom stereocenters. The van der Waals surface area contributed by atoms with Crippen LogP contribution in [0.4, 0.5) is 0 Å². The molecule has 3 aromatic heterocycles. The molecule has 0 unspecified atom stereocenters. The number of nitrogens with zero attached hydrogens (tertiary/aromatic N) is 3.